The minimum Gasteiger partial charge on any atom is -0.376 e. The first-order chi connectivity index (χ1) is 8.61. The number of anilines is 2. The summed E-state index contributed by atoms with van der Waals surface area (Å²) in [6, 6.07) is 3.12. The fourth-order valence-corrected chi connectivity index (χ4v) is 1.89. The van der Waals surface area contributed by atoms with Crippen molar-refractivity contribution in [2.75, 3.05) is 17.2 Å². The highest BCUT2D eigenvalue weighted by molar-refractivity contribution is 5.95. The van der Waals surface area contributed by atoms with Crippen molar-refractivity contribution in [3.8, 4) is 0 Å². The van der Waals surface area contributed by atoms with Crippen LogP contribution in [0.3, 0.4) is 0 Å². The third kappa shape index (κ3) is 2.32. The largest absolute Gasteiger partial charge is 0.376 e. The lowest BCUT2D eigenvalue weighted by Crippen LogP contribution is -2.19. The van der Waals surface area contributed by atoms with E-state index in [-0.39, 0.29) is 11.6 Å². The lowest BCUT2D eigenvalue weighted by Gasteiger charge is -2.18. The van der Waals surface area contributed by atoms with Gasteiger partial charge in [-0.05, 0) is 18.1 Å². The summed E-state index contributed by atoms with van der Waals surface area (Å²) in [5.41, 5.74) is 1.85. The molecule has 0 unspecified atom stereocenters. The predicted molar refractivity (Wildman–Crippen MR) is 68.7 cm³/mol. The number of hydrogen-bond acceptors (Lipinski definition) is 4. The number of nitrogens with one attached hydrogen (secondary N) is 2. The van der Waals surface area contributed by atoms with Crippen molar-refractivity contribution in [1.82, 2.24) is 0 Å². The molecule has 0 fully saturated rings. The quantitative estimate of drug-likeness (QED) is 0.484. The average Bonchev–Trinajstić information content (AvgIpc) is 2.34. The van der Waals surface area contributed by atoms with E-state index in [4.69, 9.17) is 0 Å². The molecular weight excluding hydrogens is 234 g/mol. The maximum atomic E-state index is 11.3. The fourth-order valence-electron chi connectivity index (χ4n) is 1.89. The Hall–Kier alpha value is -2.37. The Morgan fingerprint density at radius 2 is 2.28 bits per heavy atom. The lowest BCUT2D eigenvalue weighted by atomic mass is 10.0. The smallest absolute Gasteiger partial charge is 0.292 e. The van der Waals surface area contributed by atoms with Crippen molar-refractivity contribution in [3.63, 3.8) is 0 Å². The third-order valence-electron chi connectivity index (χ3n) is 2.75. The number of rotatable bonds is 4. The summed E-state index contributed by atoms with van der Waals surface area (Å²) >= 11 is 0. The van der Waals surface area contributed by atoms with Gasteiger partial charge in [0.15, 0.2) is 0 Å². The second-order valence-corrected chi connectivity index (χ2v) is 4.00. The summed E-state index contributed by atoms with van der Waals surface area (Å²) in [5, 5.41) is 16.6. The van der Waals surface area contributed by atoms with Crippen molar-refractivity contribution >= 4 is 23.0 Å². The topological polar surface area (TPSA) is 84.3 Å². The molecule has 2 N–H and O–H groups in total. The van der Waals surface area contributed by atoms with Crippen LogP contribution in [0.5, 0.6) is 0 Å². The number of aryl methyl sites for hydroxylation is 1. The molecule has 18 heavy (non-hydrogen) atoms. The maximum absolute atomic E-state index is 11.3. The van der Waals surface area contributed by atoms with Crippen LogP contribution < -0.4 is 10.6 Å². The van der Waals surface area contributed by atoms with Crippen LogP contribution in [-0.2, 0) is 11.2 Å². The van der Waals surface area contributed by atoms with Crippen LogP contribution in [0, 0.1) is 10.1 Å². The van der Waals surface area contributed by atoms with E-state index in [1.807, 2.05) is 0 Å². The van der Waals surface area contributed by atoms with Crippen LogP contribution >= 0.6 is 0 Å². The SMILES string of the molecule is C=CCNc1cc2c(cc1[N+](=O)[O-])CCC(=O)N2. The van der Waals surface area contributed by atoms with Crippen LogP contribution in [0.15, 0.2) is 24.8 Å². The Morgan fingerprint density at radius 1 is 1.50 bits per heavy atom. The van der Waals surface area contributed by atoms with Gasteiger partial charge in [0.2, 0.25) is 5.91 Å². The summed E-state index contributed by atoms with van der Waals surface area (Å²) in [4.78, 5) is 21.8. The van der Waals surface area contributed by atoms with E-state index in [0.717, 1.165) is 5.56 Å². The molecule has 1 aliphatic rings. The highest BCUT2D eigenvalue weighted by atomic mass is 16.6. The molecule has 1 amide bonds. The summed E-state index contributed by atoms with van der Waals surface area (Å²) in [6.45, 7) is 3.97. The molecule has 1 aromatic rings. The van der Waals surface area contributed by atoms with Crippen LogP contribution in [0.2, 0.25) is 0 Å². The molecule has 0 spiro atoms. The Bertz CT molecular complexity index is 526. The number of nitro groups is 1. The Labute approximate surface area is 104 Å². The number of carbonyl (C=O) groups excluding carboxylic acids is 1. The second-order valence-electron chi connectivity index (χ2n) is 4.00. The molecular formula is C12H13N3O3. The normalized spacial score (nSPS) is 13.4. The minimum atomic E-state index is -0.428. The van der Waals surface area contributed by atoms with Gasteiger partial charge in [0.1, 0.15) is 5.69 Å². The van der Waals surface area contributed by atoms with Crippen molar-refractivity contribution < 1.29 is 9.72 Å². The number of amides is 1. The zero-order valence-electron chi connectivity index (χ0n) is 9.73. The Balaban J connectivity index is 2.43. The highest BCUT2D eigenvalue weighted by Crippen LogP contribution is 2.33. The third-order valence-corrected chi connectivity index (χ3v) is 2.75. The molecule has 0 saturated carbocycles. The summed E-state index contributed by atoms with van der Waals surface area (Å²) in [7, 11) is 0. The molecule has 6 heteroatoms. The Morgan fingerprint density at radius 3 is 2.94 bits per heavy atom. The molecule has 0 aromatic heterocycles. The summed E-state index contributed by atoms with van der Waals surface area (Å²) in [6.07, 6.45) is 2.51. The van der Waals surface area contributed by atoms with Gasteiger partial charge >= 0.3 is 0 Å². The number of fused-ring (bicyclic) bond motifs is 1. The molecule has 1 aromatic carbocycles. The first-order valence-electron chi connectivity index (χ1n) is 5.57. The minimum absolute atomic E-state index is 0.0201. The van der Waals surface area contributed by atoms with Gasteiger partial charge in [-0.25, -0.2) is 0 Å². The molecule has 0 atom stereocenters. The molecule has 1 heterocycles. The van der Waals surface area contributed by atoms with Crippen LogP contribution in [0.25, 0.3) is 0 Å². The average molecular weight is 247 g/mol. The van der Waals surface area contributed by atoms with Gasteiger partial charge in [0, 0.05) is 24.7 Å². The summed E-state index contributed by atoms with van der Waals surface area (Å²) in [5.74, 6) is -0.0639. The predicted octanol–water partition coefficient (Wildman–Crippen LogP) is 2.08. The zero-order chi connectivity index (χ0) is 13.1. The van der Waals surface area contributed by atoms with Gasteiger partial charge in [-0.15, -0.1) is 6.58 Å². The van der Waals surface area contributed by atoms with E-state index in [0.29, 0.717) is 30.8 Å². The molecule has 0 aliphatic carbocycles. The molecule has 0 radical (unpaired) electrons. The van der Waals surface area contributed by atoms with Crippen LogP contribution in [-0.4, -0.2) is 17.4 Å². The molecule has 0 saturated heterocycles. The molecule has 0 bridgehead atoms. The highest BCUT2D eigenvalue weighted by Gasteiger charge is 2.22. The number of nitrogens with zero attached hydrogens (tertiary/aromatic N) is 1. The van der Waals surface area contributed by atoms with Gasteiger partial charge < -0.3 is 10.6 Å². The maximum Gasteiger partial charge on any atom is 0.292 e. The van der Waals surface area contributed by atoms with Crippen molar-refractivity contribution in [3.05, 3.63) is 40.5 Å². The van der Waals surface area contributed by atoms with Crippen molar-refractivity contribution in [2.24, 2.45) is 0 Å². The number of hydrogen-bond donors (Lipinski definition) is 2. The number of carbonyl (C=O) groups is 1. The number of nitro benzene ring substituents is 1. The Kier molecular flexibility index (Phi) is 3.27. The van der Waals surface area contributed by atoms with Crippen molar-refractivity contribution in [2.45, 2.75) is 12.8 Å². The fraction of sp³-hybridized carbons (Fsp3) is 0.250. The first-order valence-corrected chi connectivity index (χ1v) is 5.57. The molecule has 1 aliphatic heterocycles. The second kappa shape index (κ2) is 4.87. The van der Waals surface area contributed by atoms with Gasteiger partial charge in [-0.1, -0.05) is 6.08 Å². The van der Waals surface area contributed by atoms with E-state index < -0.39 is 4.92 Å². The van der Waals surface area contributed by atoms with E-state index in [1.54, 1.807) is 12.1 Å². The lowest BCUT2D eigenvalue weighted by molar-refractivity contribution is -0.384. The summed E-state index contributed by atoms with van der Waals surface area (Å²) < 4.78 is 0. The van der Waals surface area contributed by atoms with Crippen molar-refractivity contribution in [1.29, 1.82) is 0 Å². The monoisotopic (exact) mass is 247 g/mol. The zero-order valence-corrected chi connectivity index (χ0v) is 9.73. The standard InChI is InChI=1S/C12H13N3O3/c1-2-5-13-10-7-9-8(3-4-12(16)14-9)6-11(10)15(17)18/h2,6-7,13H,1,3-5H2,(H,14,16). The van der Waals surface area contributed by atoms with E-state index >= 15 is 0 Å². The number of benzene rings is 1. The van der Waals surface area contributed by atoms with E-state index in [9.17, 15) is 14.9 Å². The van der Waals surface area contributed by atoms with Gasteiger partial charge in [0.25, 0.3) is 5.69 Å². The van der Waals surface area contributed by atoms with E-state index in [2.05, 4.69) is 17.2 Å². The molecule has 2 rings (SSSR count). The van der Waals surface area contributed by atoms with Gasteiger partial charge in [-0.3, -0.25) is 14.9 Å². The van der Waals surface area contributed by atoms with Crippen LogP contribution in [0.1, 0.15) is 12.0 Å². The van der Waals surface area contributed by atoms with Crippen LogP contribution in [0.4, 0.5) is 17.1 Å². The first kappa shape index (κ1) is 12.1. The molecule has 94 valence electrons. The molecule has 6 nitrogen and oxygen atoms in total. The van der Waals surface area contributed by atoms with E-state index in [1.165, 1.54) is 6.07 Å². The van der Waals surface area contributed by atoms with Gasteiger partial charge in [-0.2, -0.15) is 0 Å². The van der Waals surface area contributed by atoms with Gasteiger partial charge in [0.05, 0.1) is 4.92 Å².